The van der Waals surface area contributed by atoms with Gasteiger partial charge >= 0.3 is 5.97 Å². The second-order valence-electron chi connectivity index (χ2n) is 5.83. The Morgan fingerprint density at radius 1 is 1.25 bits per heavy atom. The van der Waals surface area contributed by atoms with Gasteiger partial charge in [-0.3, -0.25) is 4.79 Å². The molecular formula is C13H24N2O4S. The number of esters is 1. The molecule has 1 heterocycles. The molecule has 3 atom stereocenters. The van der Waals surface area contributed by atoms with E-state index in [1.165, 1.54) is 7.11 Å². The highest BCUT2D eigenvalue weighted by atomic mass is 32.2. The number of methoxy groups -OCH3 is 1. The van der Waals surface area contributed by atoms with Crippen LogP contribution in [0.15, 0.2) is 0 Å². The fraction of sp³-hybridized carbons (Fsp3) is 0.923. The predicted molar refractivity (Wildman–Crippen MR) is 75.7 cm³/mol. The maximum atomic E-state index is 12.8. The van der Waals surface area contributed by atoms with Crippen LogP contribution in [0.1, 0.15) is 26.2 Å². The van der Waals surface area contributed by atoms with Gasteiger partial charge in [-0.05, 0) is 26.8 Å². The van der Waals surface area contributed by atoms with Crippen molar-refractivity contribution in [3.05, 3.63) is 0 Å². The van der Waals surface area contributed by atoms with Crippen LogP contribution < -0.4 is 0 Å². The van der Waals surface area contributed by atoms with E-state index in [2.05, 4.69) is 4.90 Å². The Labute approximate surface area is 121 Å². The molecule has 2 aliphatic rings. The molecule has 0 spiro atoms. The van der Waals surface area contributed by atoms with Crippen molar-refractivity contribution in [1.29, 1.82) is 0 Å². The SMILES string of the molecule is COC(=O)C1CCCC1S(=O)(=O)N1CCN(C)C(C)C1. The predicted octanol–water partition coefficient (Wildman–Crippen LogP) is 0.294. The largest absolute Gasteiger partial charge is 0.469 e. The monoisotopic (exact) mass is 304 g/mol. The normalized spacial score (nSPS) is 33.2. The lowest BCUT2D eigenvalue weighted by atomic mass is 10.1. The van der Waals surface area contributed by atoms with Gasteiger partial charge < -0.3 is 9.64 Å². The minimum atomic E-state index is -3.42. The summed E-state index contributed by atoms with van der Waals surface area (Å²) < 4.78 is 31.9. The standard InChI is InChI=1S/C13H24N2O4S/c1-10-9-15(8-7-14(10)2)20(17,18)12-6-4-5-11(12)13(16)19-3/h10-12H,4-9H2,1-3H3. The smallest absolute Gasteiger partial charge is 0.310 e. The van der Waals surface area contributed by atoms with Gasteiger partial charge in [0, 0.05) is 25.7 Å². The van der Waals surface area contributed by atoms with E-state index in [0.717, 1.165) is 13.0 Å². The Bertz CT molecular complexity index is 465. The number of piperazine rings is 1. The van der Waals surface area contributed by atoms with Crippen molar-refractivity contribution in [1.82, 2.24) is 9.21 Å². The zero-order chi connectivity index (χ0) is 14.9. The summed E-state index contributed by atoms with van der Waals surface area (Å²) in [5.74, 6) is -0.891. The Morgan fingerprint density at radius 3 is 2.55 bits per heavy atom. The molecule has 0 amide bonds. The summed E-state index contributed by atoms with van der Waals surface area (Å²) in [6.45, 7) is 3.76. The van der Waals surface area contributed by atoms with Gasteiger partial charge in [0.2, 0.25) is 10.0 Å². The second kappa shape index (κ2) is 5.99. The van der Waals surface area contributed by atoms with Gasteiger partial charge in [0.05, 0.1) is 18.3 Å². The summed E-state index contributed by atoms with van der Waals surface area (Å²) in [5.41, 5.74) is 0. The quantitative estimate of drug-likeness (QED) is 0.701. The number of sulfonamides is 1. The van der Waals surface area contributed by atoms with Crippen LogP contribution in [0, 0.1) is 5.92 Å². The van der Waals surface area contributed by atoms with Gasteiger partial charge in [-0.1, -0.05) is 6.42 Å². The average Bonchev–Trinajstić information content (AvgIpc) is 2.90. The molecule has 1 saturated carbocycles. The summed E-state index contributed by atoms with van der Waals surface area (Å²) >= 11 is 0. The Balaban J connectivity index is 2.15. The third kappa shape index (κ3) is 2.84. The lowest BCUT2D eigenvalue weighted by Crippen LogP contribution is -2.54. The Kier molecular flexibility index (Phi) is 4.71. The van der Waals surface area contributed by atoms with Crippen LogP contribution in [-0.4, -0.2) is 68.7 Å². The molecule has 1 saturated heterocycles. The molecule has 0 aromatic carbocycles. The van der Waals surface area contributed by atoms with E-state index in [1.807, 2.05) is 14.0 Å². The summed E-state index contributed by atoms with van der Waals surface area (Å²) in [6, 6.07) is 0.205. The minimum absolute atomic E-state index is 0.205. The molecule has 116 valence electrons. The molecule has 1 aliphatic carbocycles. The fourth-order valence-corrected chi connectivity index (χ4v) is 5.41. The molecule has 0 radical (unpaired) electrons. The number of carbonyl (C=O) groups excluding carboxylic acids is 1. The van der Waals surface area contributed by atoms with Crippen LogP contribution >= 0.6 is 0 Å². The van der Waals surface area contributed by atoms with Gasteiger partial charge in [-0.25, -0.2) is 8.42 Å². The van der Waals surface area contributed by atoms with Crippen LogP contribution in [0.5, 0.6) is 0 Å². The van der Waals surface area contributed by atoms with Crippen molar-refractivity contribution in [2.75, 3.05) is 33.8 Å². The summed E-state index contributed by atoms with van der Waals surface area (Å²) in [4.78, 5) is 13.9. The third-order valence-corrected chi connectivity index (χ3v) is 7.00. The molecule has 3 unspecified atom stereocenters. The molecule has 2 rings (SSSR count). The van der Waals surface area contributed by atoms with Gasteiger partial charge in [-0.15, -0.1) is 0 Å². The first-order valence-corrected chi connectivity index (χ1v) is 8.65. The highest BCUT2D eigenvalue weighted by Crippen LogP contribution is 2.34. The zero-order valence-electron chi connectivity index (χ0n) is 12.4. The van der Waals surface area contributed by atoms with Crippen LogP contribution in [0.3, 0.4) is 0 Å². The maximum absolute atomic E-state index is 12.8. The Hall–Kier alpha value is -0.660. The van der Waals surface area contributed by atoms with Gasteiger partial charge in [0.25, 0.3) is 0 Å². The zero-order valence-corrected chi connectivity index (χ0v) is 13.2. The first-order chi connectivity index (χ1) is 9.37. The van der Waals surface area contributed by atoms with Crippen molar-refractivity contribution in [2.45, 2.75) is 37.5 Å². The number of nitrogens with zero attached hydrogens (tertiary/aromatic N) is 2. The lowest BCUT2D eigenvalue weighted by Gasteiger charge is -2.38. The summed E-state index contributed by atoms with van der Waals surface area (Å²) in [6.07, 6.45) is 1.94. The van der Waals surface area contributed by atoms with Crippen molar-refractivity contribution in [3.63, 3.8) is 0 Å². The fourth-order valence-electron chi connectivity index (χ4n) is 3.14. The molecular weight excluding hydrogens is 280 g/mol. The minimum Gasteiger partial charge on any atom is -0.469 e. The van der Waals surface area contributed by atoms with E-state index >= 15 is 0 Å². The van der Waals surface area contributed by atoms with Crippen LogP contribution in [-0.2, 0) is 19.6 Å². The lowest BCUT2D eigenvalue weighted by molar-refractivity contribution is -0.145. The topological polar surface area (TPSA) is 66.9 Å². The van der Waals surface area contributed by atoms with E-state index in [9.17, 15) is 13.2 Å². The van der Waals surface area contributed by atoms with Crippen molar-refractivity contribution in [2.24, 2.45) is 5.92 Å². The number of carbonyl (C=O) groups is 1. The summed E-state index contributed by atoms with van der Waals surface area (Å²) in [7, 11) is -0.0934. The van der Waals surface area contributed by atoms with E-state index < -0.39 is 27.2 Å². The van der Waals surface area contributed by atoms with Crippen molar-refractivity contribution >= 4 is 16.0 Å². The number of ether oxygens (including phenoxy) is 1. The first-order valence-electron chi connectivity index (χ1n) is 7.15. The molecule has 0 aromatic heterocycles. The molecule has 6 nitrogen and oxygen atoms in total. The number of hydrogen-bond donors (Lipinski definition) is 0. The highest BCUT2D eigenvalue weighted by molar-refractivity contribution is 7.89. The molecule has 0 N–H and O–H groups in total. The second-order valence-corrected chi connectivity index (χ2v) is 7.98. The highest BCUT2D eigenvalue weighted by Gasteiger charge is 2.45. The number of hydrogen-bond acceptors (Lipinski definition) is 5. The van der Waals surface area contributed by atoms with E-state index in [0.29, 0.717) is 25.9 Å². The van der Waals surface area contributed by atoms with E-state index in [1.54, 1.807) is 4.31 Å². The first kappa shape index (κ1) is 15.7. The van der Waals surface area contributed by atoms with Crippen molar-refractivity contribution in [3.8, 4) is 0 Å². The van der Waals surface area contributed by atoms with Gasteiger partial charge in [-0.2, -0.15) is 4.31 Å². The van der Waals surface area contributed by atoms with Gasteiger partial charge in [0.15, 0.2) is 0 Å². The molecule has 0 aromatic rings. The molecule has 7 heteroatoms. The van der Waals surface area contributed by atoms with E-state index in [-0.39, 0.29) is 6.04 Å². The maximum Gasteiger partial charge on any atom is 0.310 e. The molecule has 20 heavy (non-hydrogen) atoms. The molecule has 2 fully saturated rings. The van der Waals surface area contributed by atoms with Crippen molar-refractivity contribution < 1.29 is 17.9 Å². The average molecular weight is 304 g/mol. The molecule has 0 bridgehead atoms. The third-order valence-electron chi connectivity index (χ3n) is 4.62. The molecule has 1 aliphatic heterocycles. The van der Waals surface area contributed by atoms with Crippen LogP contribution in [0.4, 0.5) is 0 Å². The Morgan fingerprint density at radius 2 is 1.95 bits per heavy atom. The van der Waals surface area contributed by atoms with Gasteiger partial charge in [0.1, 0.15) is 0 Å². The van der Waals surface area contributed by atoms with Crippen LogP contribution in [0.25, 0.3) is 0 Å². The van der Waals surface area contributed by atoms with E-state index in [4.69, 9.17) is 4.74 Å². The summed E-state index contributed by atoms with van der Waals surface area (Å²) in [5, 5.41) is -0.606. The van der Waals surface area contributed by atoms with Crippen LogP contribution in [0.2, 0.25) is 0 Å². The number of likely N-dealkylation sites (N-methyl/N-ethyl adjacent to an activating group) is 1. The number of rotatable bonds is 3.